The van der Waals surface area contributed by atoms with Crippen LogP contribution in [0.2, 0.25) is 0 Å². The Labute approximate surface area is 149 Å². The molecule has 0 atom stereocenters. The summed E-state index contributed by atoms with van der Waals surface area (Å²) in [6.45, 7) is 4.98. The first-order valence-corrected chi connectivity index (χ1v) is 9.28. The lowest BCUT2D eigenvalue weighted by Crippen LogP contribution is -2.02. The van der Waals surface area contributed by atoms with E-state index in [9.17, 15) is 0 Å². The lowest BCUT2D eigenvalue weighted by Gasteiger charge is -2.07. The fourth-order valence-electron chi connectivity index (χ4n) is 2.83. The predicted octanol–water partition coefficient (Wildman–Crippen LogP) is 4.20. The van der Waals surface area contributed by atoms with E-state index < -0.39 is 0 Å². The summed E-state index contributed by atoms with van der Waals surface area (Å²) in [4.78, 5) is 4.64. The van der Waals surface area contributed by atoms with Crippen LogP contribution in [0.15, 0.2) is 52.5 Å². The molecule has 7 heteroatoms. The molecule has 0 spiro atoms. The van der Waals surface area contributed by atoms with Crippen LogP contribution in [0.25, 0.3) is 17.0 Å². The Morgan fingerprint density at radius 1 is 1.20 bits per heavy atom. The molecule has 0 aliphatic rings. The number of rotatable bonds is 6. The maximum Gasteiger partial charge on any atom is 0.191 e. The maximum absolute atomic E-state index is 5.42. The van der Waals surface area contributed by atoms with Crippen LogP contribution in [0.1, 0.15) is 24.8 Å². The fourth-order valence-corrected chi connectivity index (χ4v) is 3.68. The highest BCUT2D eigenvalue weighted by molar-refractivity contribution is 7.98. The van der Waals surface area contributed by atoms with Crippen LogP contribution < -0.4 is 0 Å². The van der Waals surface area contributed by atoms with E-state index in [1.165, 1.54) is 0 Å². The minimum Gasteiger partial charge on any atom is -0.469 e. The van der Waals surface area contributed by atoms with Crippen molar-refractivity contribution in [3.63, 3.8) is 0 Å². The van der Waals surface area contributed by atoms with Crippen molar-refractivity contribution in [2.75, 3.05) is 0 Å². The van der Waals surface area contributed by atoms with Crippen molar-refractivity contribution in [3.8, 4) is 11.4 Å². The third kappa shape index (κ3) is 3.07. The van der Waals surface area contributed by atoms with Gasteiger partial charge in [0, 0.05) is 24.7 Å². The Balaban J connectivity index is 1.59. The third-order valence-electron chi connectivity index (χ3n) is 4.03. The number of thioether (sulfide) groups is 1. The summed E-state index contributed by atoms with van der Waals surface area (Å²) in [6.07, 6.45) is 6.78. The Kier molecular flexibility index (Phi) is 4.31. The standard InChI is InChI=1S/C18H19N5OS/c1-3-8-23-17(15-7-10-24-13(15)2)20-21-18(23)25-12-14-11-22-9-5-4-6-16(22)19-14/h4-7,9-11H,3,8,12H2,1-2H3. The fraction of sp³-hybridized carbons (Fsp3) is 0.278. The second kappa shape index (κ2) is 6.76. The van der Waals surface area contributed by atoms with Gasteiger partial charge in [0.25, 0.3) is 0 Å². The zero-order valence-corrected chi connectivity index (χ0v) is 15.0. The van der Waals surface area contributed by atoms with Crippen molar-refractivity contribution in [2.24, 2.45) is 0 Å². The average molecular weight is 353 g/mol. The Bertz CT molecular complexity index is 967. The van der Waals surface area contributed by atoms with Crippen LogP contribution in [0.4, 0.5) is 0 Å². The first-order chi connectivity index (χ1) is 12.3. The summed E-state index contributed by atoms with van der Waals surface area (Å²) >= 11 is 1.66. The van der Waals surface area contributed by atoms with E-state index in [4.69, 9.17) is 4.42 Å². The number of furan rings is 1. The number of aromatic nitrogens is 5. The van der Waals surface area contributed by atoms with E-state index in [0.29, 0.717) is 0 Å². The highest BCUT2D eigenvalue weighted by atomic mass is 32.2. The van der Waals surface area contributed by atoms with E-state index in [2.05, 4.69) is 32.9 Å². The smallest absolute Gasteiger partial charge is 0.191 e. The van der Waals surface area contributed by atoms with Gasteiger partial charge in [-0.3, -0.25) is 0 Å². The molecule has 0 saturated carbocycles. The SMILES string of the molecule is CCCn1c(SCc2cn3ccccc3n2)nnc1-c1ccoc1C. The zero-order valence-electron chi connectivity index (χ0n) is 14.2. The number of hydrogen-bond donors (Lipinski definition) is 0. The average Bonchev–Trinajstić information content (AvgIpc) is 3.31. The maximum atomic E-state index is 5.42. The van der Waals surface area contributed by atoms with E-state index in [-0.39, 0.29) is 0 Å². The third-order valence-corrected chi connectivity index (χ3v) is 5.03. The van der Waals surface area contributed by atoms with Gasteiger partial charge >= 0.3 is 0 Å². The van der Waals surface area contributed by atoms with Crippen molar-refractivity contribution >= 4 is 17.4 Å². The van der Waals surface area contributed by atoms with Crippen molar-refractivity contribution in [1.82, 2.24) is 24.1 Å². The molecule has 0 bridgehead atoms. The Morgan fingerprint density at radius 2 is 2.12 bits per heavy atom. The first kappa shape index (κ1) is 16.0. The number of fused-ring (bicyclic) bond motifs is 1. The summed E-state index contributed by atoms with van der Waals surface area (Å²) in [5, 5.41) is 9.71. The normalized spacial score (nSPS) is 11.4. The molecule has 4 heterocycles. The van der Waals surface area contributed by atoms with E-state index >= 15 is 0 Å². The molecule has 0 unspecified atom stereocenters. The van der Waals surface area contributed by atoms with Gasteiger partial charge in [-0.15, -0.1) is 10.2 Å². The monoisotopic (exact) mass is 353 g/mol. The molecule has 0 saturated heterocycles. The van der Waals surface area contributed by atoms with Crippen molar-refractivity contribution in [3.05, 3.63) is 54.4 Å². The molecule has 0 fully saturated rings. The molecular formula is C18H19N5OS. The number of hydrogen-bond acceptors (Lipinski definition) is 5. The van der Waals surface area contributed by atoms with E-state index in [0.717, 1.165) is 52.4 Å². The minimum atomic E-state index is 0.758. The highest BCUT2D eigenvalue weighted by Crippen LogP contribution is 2.28. The van der Waals surface area contributed by atoms with Crippen molar-refractivity contribution < 1.29 is 4.42 Å². The van der Waals surface area contributed by atoms with Crippen LogP contribution >= 0.6 is 11.8 Å². The molecular weight excluding hydrogens is 334 g/mol. The molecule has 0 radical (unpaired) electrons. The number of nitrogens with zero attached hydrogens (tertiary/aromatic N) is 5. The van der Waals surface area contributed by atoms with Crippen molar-refractivity contribution in [1.29, 1.82) is 0 Å². The molecule has 25 heavy (non-hydrogen) atoms. The van der Waals surface area contributed by atoms with Gasteiger partial charge in [-0.05, 0) is 31.5 Å². The number of imidazole rings is 1. The van der Waals surface area contributed by atoms with Gasteiger partial charge in [-0.2, -0.15) is 0 Å². The molecule has 6 nitrogen and oxygen atoms in total. The summed E-state index contributed by atoms with van der Waals surface area (Å²) in [7, 11) is 0. The van der Waals surface area contributed by atoms with Crippen LogP contribution in [0, 0.1) is 6.92 Å². The lowest BCUT2D eigenvalue weighted by molar-refractivity contribution is 0.534. The van der Waals surface area contributed by atoms with Crippen LogP contribution in [-0.2, 0) is 12.3 Å². The van der Waals surface area contributed by atoms with Gasteiger partial charge in [0.15, 0.2) is 11.0 Å². The number of pyridine rings is 1. The second-order valence-corrected chi connectivity index (χ2v) is 6.78. The van der Waals surface area contributed by atoms with E-state index in [1.807, 2.05) is 41.8 Å². The largest absolute Gasteiger partial charge is 0.469 e. The summed E-state index contributed by atoms with van der Waals surface area (Å²) in [5.74, 6) is 2.49. The van der Waals surface area contributed by atoms with Gasteiger partial charge in [0.1, 0.15) is 11.4 Å². The molecule has 0 amide bonds. The van der Waals surface area contributed by atoms with Gasteiger partial charge in [0.2, 0.25) is 0 Å². The minimum absolute atomic E-state index is 0.758. The second-order valence-electron chi connectivity index (χ2n) is 5.84. The van der Waals surface area contributed by atoms with Gasteiger partial charge in [-0.25, -0.2) is 4.98 Å². The molecule has 0 aromatic carbocycles. The quantitative estimate of drug-likeness (QED) is 0.486. The molecule has 4 rings (SSSR count). The van der Waals surface area contributed by atoms with Gasteiger partial charge < -0.3 is 13.4 Å². The zero-order chi connectivity index (χ0) is 17.2. The van der Waals surface area contributed by atoms with Gasteiger partial charge in [0.05, 0.1) is 17.5 Å². The molecule has 4 aromatic heterocycles. The number of aryl methyl sites for hydroxylation is 1. The van der Waals surface area contributed by atoms with Crippen molar-refractivity contribution in [2.45, 2.75) is 37.7 Å². The molecule has 128 valence electrons. The topological polar surface area (TPSA) is 61.2 Å². The Morgan fingerprint density at radius 3 is 2.88 bits per heavy atom. The molecule has 0 aliphatic heterocycles. The van der Waals surface area contributed by atoms with Crippen LogP contribution in [0.3, 0.4) is 0 Å². The predicted molar refractivity (Wildman–Crippen MR) is 97.5 cm³/mol. The van der Waals surface area contributed by atoms with Crippen LogP contribution in [0.5, 0.6) is 0 Å². The summed E-state index contributed by atoms with van der Waals surface area (Å²) in [5.41, 5.74) is 2.99. The molecule has 4 aromatic rings. The summed E-state index contributed by atoms with van der Waals surface area (Å²) in [6, 6.07) is 7.95. The summed E-state index contributed by atoms with van der Waals surface area (Å²) < 4.78 is 9.62. The van der Waals surface area contributed by atoms with Crippen LogP contribution in [-0.4, -0.2) is 24.1 Å². The first-order valence-electron chi connectivity index (χ1n) is 8.29. The molecule has 0 N–H and O–H groups in total. The van der Waals surface area contributed by atoms with E-state index in [1.54, 1.807) is 18.0 Å². The molecule has 0 aliphatic carbocycles. The Hall–Kier alpha value is -2.54. The van der Waals surface area contributed by atoms with Gasteiger partial charge in [-0.1, -0.05) is 24.8 Å². The lowest BCUT2D eigenvalue weighted by atomic mass is 10.2. The highest BCUT2D eigenvalue weighted by Gasteiger charge is 2.17.